The van der Waals surface area contributed by atoms with Crippen molar-refractivity contribution in [1.29, 1.82) is 0 Å². The largest absolute Gasteiger partial charge is 0.497 e. The molecule has 0 amide bonds. The van der Waals surface area contributed by atoms with Crippen LogP contribution in [0.5, 0.6) is 5.75 Å². The van der Waals surface area contributed by atoms with Crippen LogP contribution in [0.15, 0.2) is 36.8 Å². The summed E-state index contributed by atoms with van der Waals surface area (Å²) in [5.41, 5.74) is 7.74. The van der Waals surface area contributed by atoms with Crippen molar-refractivity contribution in [2.45, 2.75) is 12.5 Å². The van der Waals surface area contributed by atoms with E-state index < -0.39 is 0 Å². The molecule has 1 unspecified atom stereocenters. The van der Waals surface area contributed by atoms with Gasteiger partial charge in [0.1, 0.15) is 17.9 Å². The number of ether oxygens (including phenoxy) is 1. The SMILES string of the molecule is COc1ccc(-n2ncc3c(N4CCC(N)C4)ncnc32)cc1. The Labute approximate surface area is 133 Å². The van der Waals surface area contributed by atoms with Gasteiger partial charge in [-0.3, -0.25) is 0 Å². The lowest BCUT2D eigenvalue weighted by Gasteiger charge is -2.17. The highest BCUT2D eigenvalue weighted by atomic mass is 16.5. The van der Waals surface area contributed by atoms with Gasteiger partial charge >= 0.3 is 0 Å². The maximum Gasteiger partial charge on any atom is 0.168 e. The van der Waals surface area contributed by atoms with E-state index in [9.17, 15) is 0 Å². The monoisotopic (exact) mass is 310 g/mol. The third-order valence-electron chi connectivity index (χ3n) is 4.19. The molecule has 1 fully saturated rings. The molecule has 23 heavy (non-hydrogen) atoms. The van der Waals surface area contributed by atoms with E-state index in [1.165, 1.54) is 0 Å². The van der Waals surface area contributed by atoms with Gasteiger partial charge in [0.2, 0.25) is 0 Å². The van der Waals surface area contributed by atoms with Gasteiger partial charge in [0.15, 0.2) is 5.65 Å². The molecule has 0 saturated carbocycles. The van der Waals surface area contributed by atoms with Crippen molar-refractivity contribution in [2.75, 3.05) is 25.1 Å². The normalized spacial score (nSPS) is 17.8. The number of nitrogens with zero attached hydrogens (tertiary/aromatic N) is 5. The Balaban J connectivity index is 1.77. The van der Waals surface area contributed by atoms with Crippen molar-refractivity contribution >= 4 is 16.9 Å². The highest BCUT2D eigenvalue weighted by molar-refractivity contribution is 5.87. The molecule has 7 heteroatoms. The Hall–Kier alpha value is -2.67. The van der Waals surface area contributed by atoms with Crippen LogP contribution in [0.3, 0.4) is 0 Å². The molecule has 1 aliphatic rings. The molecule has 4 rings (SSSR count). The lowest BCUT2D eigenvalue weighted by Crippen LogP contribution is -2.27. The molecule has 7 nitrogen and oxygen atoms in total. The molecule has 118 valence electrons. The molecule has 1 aromatic carbocycles. The first-order valence-electron chi connectivity index (χ1n) is 7.60. The number of hydrogen-bond donors (Lipinski definition) is 1. The van der Waals surface area contributed by atoms with Crippen LogP contribution in [-0.4, -0.2) is 46.0 Å². The molecular weight excluding hydrogens is 292 g/mol. The topological polar surface area (TPSA) is 82.1 Å². The fraction of sp³-hybridized carbons (Fsp3) is 0.312. The number of aromatic nitrogens is 4. The zero-order chi connectivity index (χ0) is 15.8. The van der Waals surface area contributed by atoms with E-state index >= 15 is 0 Å². The predicted octanol–water partition coefficient (Wildman–Crippen LogP) is 1.36. The molecular formula is C16H18N6O. The molecule has 3 aromatic rings. The molecule has 0 radical (unpaired) electrons. The van der Waals surface area contributed by atoms with Gasteiger partial charge in [-0.1, -0.05) is 0 Å². The van der Waals surface area contributed by atoms with Crippen molar-refractivity contribution in [3.05, 3.63) is 36.8 Å². The molecule has 2 N–H and O–H groups in total. The van der Waals surface area contributed by atoms with E-state index in [0.29, 0.717) is 0 Å². The number of benzene rings is 1. The van der Waals surface area contributed by atoms with Gasteiger partial charge in [0, 0.05) is 19.1 Å². The molecule has 0 aliphatic carbocycles. The molecule has 0 spiro atoms. The molecule has 3 heterocycles. The molecule has 2 aromatic heterocycles. The second-order valence-corrected chi connectivity index (χ2v) is 5.68. The third kappa shape index (κ3) is 2.39. The fourth-order valence-corrected chi connectivity index (χ4v) is 2.98. The van der Waals surface area contributed by atoms with E-state index in [1.807, 2.05) is 35.1 Å². The summed E-state index contributed by atoms with van der Waals surface area (Å²) >= 11 is 0. The Kier molecular flexibility index (Phi) is 3.34. The highest BCUT2D eigenvalue weighted by Crippen LogP contribution is 2.27. The zero-order valence-corrected chi connectivity index (χ0v) is 12.9. The first-order chi connectivity index (χ1) is 11.3. The molecule has 1 saturated heterocycles. The second-order valence-electron chi connectivity index (χ2n) is 5.68. The van der Waals surface area contributed by atoms with Crippen molar-refractivity contribution < 1.29 is 4.74 Å². The minimum Gasteiger partial charge on any atom is -0.497 e. The van der Waals surface area contributed by atoms with Crippen molar-refractivity contribution in [1.82, 2.24) is 19.7 Å². The Morgan fingerprint density at radius 3 is 2.74 bits per heavy atom. The van der Waals surface area contributed by atoms with Gasteiger partial charge in [-0.15, -0.1) is 0 Å². The molecule has 1 atom stereocenters. The number of methoxy groups -OCH3 is 1. The van der Waals surface area contributed by atoms with Gasteiger partial charge in [-0.25, -0.2) is 14.6 Å². The summed E-state index contributed by atoms with van der Waals surface area (Å²) < 4.78 is 7.01. The van der Waals surface area contributed by atoms with Crippen LogP contribution in [0.4, 0.5) is 5.82 Å². The van der Waals surface area contributed by atoms with Crippen molar-refractivity contribution in [3.63, 3.8) is 0 Å². The maximum atomic E-state index is 6.01. The van der Waals surface area contributed by atoms with Crippen LogP contribution in [-0.2, 0) is 0 Å². The second kappa shape index (κ2) is 5.51. The first-order valence-corrected chi connectivity index (χ1v) is 7.60. The van der Waals surface area contributed by atoms with Crippen LogP contribution in [0.2, 0.25) is 0 Å². The lowest BCUT2D eigenvalue weighted by atomic mass is 10.3. The zero-order valence-electron chi connectivity index (χ0n) is 12.9. The van der Waals surface area contributed by atoms with E-state index in [-0.39, 0.29) is 6.04 Å². The van der Waals surface area contributed by atoms with Crippen LogP contribution in [0.25, 0.3) is 16.7 Å². The smallest absolute Gasteiger partial charge is 0.168 e. The van der Waals surface area contributed by atoms with Crippen molar-refractivity contribution in [3.8, 4) is 11.4 Å². The summed E-state index contributed by atoms with van der Waals surface area (Å²) in [6.45, 7) is 1.74. The number of nitrogens with two attached hydrogens (primary N) is 1. The number of fused-ring (bicyclic) bond motifs is 1. The summed E-state index contributed by atoms with van der Waals surface area (Å²) in [6.07, 6.45) is 4.39. The van der Waals surface area contributed by atoms with Crippen molar-refractivity contribution in [2.24, 2.45) is 5.73 Å². The van der Waals surface area contributed by atoms with Gasteiger partial charge in [-0.05, 0) is 30.7 Å². The highest BCUT2D eigenvalue weighted by Gasteiger charge is 2.23. The van der Waals surface area contributed by atoms with E-state index in [1.54, 1.807) is 13.4 Å². The Bertz CT molecular complexity index is 828. The maximum absolute atomic E-state index is 6.01. The third-order valence-corrected chi connectivity index (χ3v) is 4.19. The van der Waals surface area contributed by atoms with Crippen LogP contribution < -0.4 is 15.4 Å². The van der Waals surface area contributed by atoms with E-state index in [0.717, 1.165) is 47.8 Å². The van der Waals surface area contributed by atoms with Crippen LogP contribution >= 0.6 is 0 Å². The molecule has 0 bridgehead atoms. The minimum atomic E-state index is 0.205. The number of hydrogen-bond acceptors (Lipinski definition) is 6. The average Bonchev–Trinajstić information content (AvgIpc) is 3.21. The van der Waals surface area contributed by atoms with Gasteiger partial charge in [-0.2, -0.15) is 5.10 Å². The summed E-state index contributed by atoms with van der Waals surface area (Å²) in [5, 5.41) is 5.43. The first kappa shape index (κ1) is 14.0. The number of anilines is 1. The van der Waals surface area contributed by atoms with Gasteiger partial charge in [0.05, 0.1) is 24.4 Å². The van der Waals surface area contributed by atoms with Gasteiger partial charge < -0.3 is 15.4 Å². The number of rotatable bonds is 3. The Morgan fingerprint density at radius 1 is 1.22 bits per heavy atom. The van der Waals surface area contributed by atoms with Gasteiger partial charge in [0.25, 0.3) is 0 Å². The van der Waals surface area contributed by atoms with E-state index in [4.69, 9.17) is 10.5 Å². The fourth-order valence-electron chi connectivity index (χ4n) is 2.98. The van der Waals surface area contributed by atoms with Crippen LogP contribution in [0, 0.1) is 0 Å². The van der Waals surface area contributed by atoms with Crippen LogP contribution in [0.1, 0.15) is 6.42 Å². The summed E-state index contributed by atoms with van der Waals surface area (Å²) in [6, 6.07) is 7.93. The summed E-state index contributed by atoms with van der Waals surface area (Å²) in [5.74, 6) is 1.72. The Morgan fingerprint density at radius 2 is 2.04 bits per heavy atom. The summed E-state index contributed by atoms with van der Waals surface area (Å²) in [7, 11) is 1.65. The minimum absolute atomic E-state index is 0.205. The standard InChI is InChI=1S/C16H18N6O/c1-23-13-4-2-12(3-5-13)22-16-14(8-20-22)15(18-10-19-16)21-7-6-11(17)9-21/h2-5,8,10-11H,6-7,9,17H2,1H3. The quantitative estimate of drug-likeness (QED) is 0.786. The lowest BCUT2D eigenvalue weighted by molar-refractivity contribution is 0.414. The molecule has 1 aliphatic heterocycles. The summed E-state index contributed by atoms with van der Waals surface area (Å²) in [4.78, 5) is 11.1. The predicted molar refractivity (Wildman–Crippen MR) is 88.0 cm³/mol. The average molecular weight is 310 g/mol. The van der Waals surface area contributed by atoms with E-state index in [2.05, 4.69) is 20.0 Å².